The number of carboxylic acid groups (broad SMARTS) is 1. The fourth-order valence-corrected chi connectivity index (χ4v) is 2.58. The molecular formula is C18H34N8O7. The zero-order valence-corrected chi connectivity index (χ0v) is 18.6. The van der Waals surface area contributed by atoms with Gasteiger partial charge in [0.2, 0.25) is 23.6 Å². The maximum atomic E-state index is 12.7. The van der Waals surface area contributed by atoms with Gasteiger partial charge in [-0.25, -0.2) is 4.79 Å². The number of aliphatic hydroxyl groups excluding tert-OH is 1. The van der Waals surface area contributed by atoms with Gasteiger partial charge in [-0.2, -0.15) is 0 Å². The number of carboxylic acids is 1. The van der Waals surface area contributed by atoms with Crippen molar-refractivity contribution in [2.24, 2.45) is 33.8 Å². The number of primary amides is 1. The van der Waals surface area contributed by atoms with Gasteiger partial charge < -0.3 is 49.1 Å². The number of aliphatic hydroxyl groups is 1. The zero-order chi connectivity index (χ0) is 25.7. The average Bonchev–Trinajstić information content (AvgIpc) is 2.71. The lowest BCUT2D eigenvalue weighted by Gasteiger charge is -2.25. The average molecular weight is 475 g/mol. The molecule has 4 amide bonds. The highest BCUT2D eigenvalue weighted by Crippen LogP contribution is 2.06. The van der Waals surface area contributed by atoms with Gasteiger partial charge in [-0.05, 0) is 18.8 Å². The van der Waals surface area contributed by atoms with E-state index in [1.54, 1.807) is 13.8 Å². The molecule has 0 rings (SSSR count). The molecule has 13 N–H and O–H groups in total. The maximum absolute atomic E-state index is 12.7. The van der Waals surface area contributed by atoms with Crippen LogP contribution < -0.4 is 38.9 Å². The summed E-state index contributed by atoms with van der Waals surface area (Å²) in [7, 11) is 0. The quantitative estimate of drug-likeness (QED) is 0.0622. The largest absolute Gasteiger partial charge is 0.480 e. The van der Waals surface area contributed by atoms with E-state index in [1.807, 2.05) is 0 Å². The van der Waals surface area contributed by atoms with E-state index < -0.39 is 72.7 Å². The second-order valence-electron chi connectivity index (χ2n) is 7.60. The Morgan fingerprint density at radius 2 is 1.45 bits per heavy atom. The summed E-state index contributed by atoms with van der Waals surface area (Å²) in [5.74, 6) is -5.47. The van der Waals surface area contributed by atoms with E-state index in [2.05, 4.69) is 20.9 Å². The predicted octanol–water partition coefficient (Wildman–Crippen LogP) is -4.57. The molecule has 15 nitrogen and oxygen atoms in total. The minimum atomic E-state index is -1.49. The third kappa shape index (κ3) is 11.6. The number of amides is 4. The van der Waals surface area contributed by atoms with Crippen LogP contribution >= 0.6 is 0 Å². The van der Waals surface area contributed by atoms with Crippen LogP contribution in [0.15, 0.2) is 4.99 Å². The van der Waals surface area contributed by atoms with Crippen molar-refractivity contribution in [2.75, 3.05) is 13.2 Å². The second-order valence-corrected chi connectivity index (χ2v) is 7.60. The van der Waals surface area contributed by atoms with Gasteiger partial charge in [0.05, 0.1) is 13.0 Å². The highest BCUT2D eigenvalue weighted by atomic mass is 16.4. The van der Waals surface area contributed by atoms with E-state index >= 15 is 0 Å². The van der Waals surface area contributed by atoms with Crippen LogP contribution in [0.25, 0.3) is 0 Å². The molecule has 4 atom stereocenters. The monoisotopic (exact) mass is 474 g/mol. The Balaban J connectivity index is 5.59. The van der Waals surface area contributed by atoms with Gasteiger partial charge in [0, 0.05) is 6.54 Å². The molecule has 0 spiro atoms. The van der Waals surface area contributed by atoms with E-state index in [-0.39, 0.29) is 25.3 Å². The highest BCUT2D eigenvalue weighted by Gasteiger charge is 2.31. The van der Waals surface area contributed by atoms with Gasteiger partial charge in [-0.15, -0.1) is 0 Å². The van der Waals surface area contributed by atoms with Crippen LogP contribution in [0.5, 0.6) is 0 Å². The van der Waals surface area contributed by atoms with Gasteiger partial charge in [0.1, 0.15) is 24.2 Å². The topological polar surface area (TPSA) is 278 Å². The standard InChI is InChI=1S/C18H34N8O7/c1-8(2)13(17(32)33)26-15(30)10(4-3-5-23-18(21)22)24-16(31)11(6-12(20)28)25-14(29)9(19)7-27/h8-11,13,27H,3-7,19H2,1-2H3,(H2,20,28)(H,24,31)(H,25,29)(H,26,30)(H,32,33)(H4,21,22,23). The molecule has 4 unspecified atom stereocenters. The first-order valence-electron chi connectivity index (χ1n) is 10.1. The molecule has 0 aliphatic heterocycles. The van der Waals surface area contributed by atoms with Crippen molar-refractivity contribution in [1.29, 1.82) is 0 Å². The van der Waals surface area contributed by atoms with Gasteiger partial charge >= 0.3 is 5.97 Å². The highest BCUT2D eigenvalue weighted by molar-refractivity contribution is 5.96. The van der Waals surface area contributed by atoms with Crippen LogP contribution in [0.2, 0.25) is 0 Å². The number of aliphatic imine (C=N–C) groups is 1. The Morgan fingerprint density at radius 3 is 1.91 bits per heavy atom. The van der Waals surface area contributed by atoms with Crippen molar-refractivity contribution >= 4 is 35.6 Å². The molecule has 0 bridgehead atoms. The number of guanidine groups is 1. The molecule has 188 valence electrons. The summed E-state index contributed by atoms with van der Waals surface area (Å²) in [6.45, 7) is 2.60. The summed E-state index contributed by atoms with van der Waals surface area (Å²) < 4.78 is 0. The van der Waals surface area contributed by atoms with Crippen LogP contribution in [-0.2, 0) is 24.0 Å². The lowest BCUT2D eigenvalue weighted by molar-refractivity contribution is -0.143. The van der Waals surface area contributed by atoms with Crippen molar-refractivity contribution in [3.05, 3.63) is 0 Å². The van der Waals surface area contributed by atoms with Crippen molar-refractivity contribution in [3.8, 4) is 0 Å². The molecule has 0 aromatic carbocycles. The van der Waals surface area contributed by atoms with Crippen LogP contribution in [-0.4, -0.2) is 83.1 Å². The minimum Gasteiger partial charge on any atom is -0.480 e. The molecule has 0 aromatic rings. The summed E-state index contributed by atoms with van der Waals surface area (Å²) in [6.07, 6.45) is -0.369. The number of nitrogens with two attached hydrogens (primary N) is 4. The molecule has 0 heterocycles. The Hall–Kier alpha value is -3.46. The molecule has 0 aliphatic rings. The van der Waals surface area contributed by atoms with Gasteiger partial charge in [-0.3, -0.25) is 24.2 Å². The Kier molecular flexibility index (Phi) is 13.0. The summed E-state index contributed by atoms with van der Waals surface area (Å²) in [5.41, 5.74) is 21.0. The zero-order valence-electron chi connectivity index (χ0n) is 18.6. The first-order chi connectivity index (χ1) is 15.3. The van der Waals surface area contributed by atoms with E-state index in [0.717, 1.165) is 0 Å². The number of carbonyl (C=O) groups excluding carboxylic acids is 4. The van der Waals surface area contributed by atoms with Crippen molar-refractivity contribution in [2.45, 2.75) is 57.3 Å². The minimum absolute atomic E-state index is 0.00613. The molecule has 0 saturated carbocycles. The number of nitrogens with one attached hydrogen (secondary N) is 3. The Labute approximate surface area is 190 Å². The Morgan fingerprint density at radius 1 is 0.909 bits per heavy atom. The van der Waals surface area contributed by atoms with E-state index in [1.165, 1.54) is 0 Å². The van der Waals surface area contributed by atoms with Gasteiger partial charge in [0.15, 0.2) is 5.96 Å². The first-order valence-corrected chi connectivity index (χ1v) is 10.1. The van der Waals surface area contributed by atoms with Crippen molar-refractivity contribution < 1.29 is 34.2 Å². The van der Waals surface area contributed by atoms with Gasteiger partial charge in [-0.1, -0.05) is 13.8 Å². The third-order valence-electron chi connectivity index (χ3n) is 4.38. The van der Waals surface area contributed by atoms with Crippen LogP contribution in [0.3, 0.4) is 0 Å². The van der Waals surface area contributed by atoms with E-state index in [0.29, 0.717) is 0 Å². The summed E-state index contributed by atoms with van der Waals surface area (Å²) in [4.78, 5) is 64.0. The Bertz CT molecular complexity index is 739. The second kappa shape index (κ2) is 14.6. The molecular weight excluding hydrogens is 440 g/mol. The van der Waals surface area contributed by atoms with Crippen LogP contribution in [0.4, 0.5) is 0 Å². The first kappa shape index (κ1) is 29.5. The molecule has 0 radical (unpaired) electrons. The summed E-state index contributed by atoms with van der Waals surface area (Å²) >= 11 is 0. The number of nitrogens with zero attached hydrogens (tertiary/aromatic N) is 1. The fraction of sp³-hybridized carbons (Fsp3) is 0.667. The SMILES string of the molecule is CC(C)C(NC(=O)C(CCCN=C(N)N)NC(=O)C(CC(N)=O)NC(=O)C(N)CO)C(=O)O. The number of hydrogen-bond donors (Lipinski definition) is 9. The predicted molar refractivity (Wildman–Crippen MR) is 117 cm³/mol. The lowest BCUT2D eigenvalue weighted by atomic mass is 10.0. The number of carbonyl (C=O) groups is 5. The normalized spacial score (nSPS) is 14.3. The number of aliphatic carboxylic acids is 1. The summed E-state index contributed by atoms with van der Waals surface area (Å²) in [6, 6.07) is -5.31. The molecule has 15 heteroatoms. The van der Waals surface area contributed by atoms with Crippen LogP contribution in [0.1, 0.15) is 33.1 Å². The summed E-state index contributed by atoms with van der Waals surface area (Å²) in [5, 5.41) is 25.2. The smallest absolute Gasteiger partial charge is 0.326 e. The fourth-order valence-electron chi connectivity index (χ4n) is 2.58. The third-order valence-corrected chi connectivity index (χ3v) is 4.38. The molecule has 0 aliphatic carbocycles. The molecule has 0 aromatic heterocycles. The lowest BCUT2D eigenvalue weighted by Crippen LogP contribution is -2.58. The van der Waals surface area contributed by atoms with E-state index in [4.69, 9.17) is 28.0 Å². The molecule has 0 fully saturated rings. The van der Waals surface area contributed by atoms with E-state index in [9.17, 15) is 29.1 Å². The molecule has 33 heavy (non-hydrogen) atoms. The van der Waals surface area contributed by atoms with Crippen LogP contribution in [0, 0.1) is 5.92 Å². The van der Waals surface area contributed by atoms with Gasteiger partial charge in [0.25, 0.3) is 0 Å². The van der Waals surface area contributed by atoms with Crippen molar-refractivity contribution in [1.82, 2.24) is 16.0 Å². The number of hydrogen-bond acceptors (Lipinski definition) is 8. The molecule has 0 saturated heterocycles. The number of rotatable bonds is 15. The van der Waals surface area contributed by atoms with Crippen molar-refractivity contribution in [3.63, 3.8) is 0 Å². The maximum Gasteiger partial charge on any atom is 0.326 e.